The van der Waals surface area contributed by atoms with Gasteiger partial charge in [-0.1, -0.05) is 18.2 Å². The highest BCUT2D eigenvalue weighted by atomic mass is 16.5. The van der Waals surface area contributed by atoms with Crippen LogP contribution < -0.4 is 5.73 Å². The van der Waals surface area contributed by atoms with E-state index in [1.165, 1.54) is 7.11 Å². The minimum Gasteiger partial charge on any atom is -0.469 e. The van der Waals surface area contributed by atoms with E-state index >= 15 is 0 Å². The van der Waals surface area contributed by atoms with E-state index in [0.29, 0.717) is 22.7 Å². The smallest absolute Gasteiger partial charge is 0.309 e. The van der Waals surface area contributed by atoms with Crippen molar-refractivity contribution in [2.24, 2.45) is 0 Å². The molecule has 0 saturated heterocycles. The number of benzene rings is 2. The van der Waals surface area contributed by atoms with Gasteiger partial charge in [0.2, 0.25) is 5.89 Å². The monoisotopic (exact) mass is 282 g/mol. The highest BCUT2D eigenvalue weighted by Gasteiger charge is 2.12. The largest absolute Gasteiger partial charge is 0.469 e. The standard InChI is InChI=1S/C16H14N2O3/c1-20-15(19)9-10-6-7-14-13(8-10)18-16(21-14)11-4-2-3-5-12(11)17/h2-8H,9,17H2,1H3. The zero-order chi connectivity index (χ0) is 14.8. The lowest BCUT2D eigenvalue weighted by molar-refractivity contribution is -0.139. The van der Waals surface area contributed by atoms with Crippen LogP contribution in [0, 0.1) is 0 Å². The molecule has 5 heteroatoms. The number of para-hydroxylation sites is 1. The van der Waals surface area contributed by atoms with Gasteiger partial charge in [0, 0.05) is 5.69 Å². The average molecular weight is 282 g/mol. The number of carbonyl (C=O) groups is 1. The second-order valence-corrected chi connectivity index (χ2v) is 4.66. The lowest BCUT2D eigenvalue weighted by Gasteiger charge is -1.98. The fourth-order valence-corrected chi connectivity index (χ4v) is 2.13. The van der Waals surface area contributed by atoms with E-state index in [9.17, 15) is 4.79 Å². The highest BCUT2D eigenvalue weighted by Crippen LogP contribution is 2.28. The first-order chi connectivity index (χ1) is 10.2. The van der Waals surface area contributed by atoms with Gasteiger partial charge in [-0.25, -0.2) is 4.98 Å². The van der Waals surface area contributed by atoms with Crippen molar-refractivity contribution in [3.05, 3.63) is 48.0 Å². The van der Waals surface area contributed by atoms with E-state index < -0.39 is 0 Å². The van der Waals surface area contributed by atoms with E-state index in [1.54, 1.807) is 12.1 Å². The molecule has 0 saturated carbocycles. The van der Waals surface area contributed by atoms with Crippen LogP contribution in [0.25, 0.3) is 22.6 Å². The van der Waals surface area contributed by atoms with Gasteiger partial charge in [0.25, 0.3) is 0 Å². The van der Waals surface area contributed by atoms with Crippen molar-refractivity contribution in [3.63, 3.8) is 0 Å². The van der Waals surface area contributed by atoms with Crippen LogP contribution in [0.5, 0.6) is 0 Å². The summed E-state index contributed by atoms with van der Waals surface area (Å²) in [4.78, 5) is 15.7. The lowest BCUT2D eigenvalue weighted by atomic mass is 10.1. The molecule has 0 aliphatic rings. The molecule has 21 heavy (non-hydrogen) atoms. The number of hydrogen-bond acceptors (Lipinski definition) is 5. The maximum Gasteiger partial charge on any atom is 0.309 e. The van der Waals surface area contributed by atoms with Crippen LogP contribution in [-0.4, -0.2) is 18.1 Å². The van der Waals surface area contributed by atoms with Gasteiger partial charge in [-0.3, -0.25) is 4.79 Å². The Morgan fingerprint density at radius 2 is 2.10 bits per heavy atom. The molecule has 0 aliphatic carbocycles. The number of carbonyl (C=O) groups excluding carboxylic acids is 1. The topological polar surface area (TPSA) is 78.3 Å². The predicted octanol–water partition coefficient (Wildman–Crippen LogP) is 2.79. The van der Waals surface area contributed by atoms with Crippen LogP contribution in [-0.2, 0) is 16.0 Å². The number of aromatic nitrogens is 1. The molecule has 0 aliphatic heterocycles. The summed E-state index contributed by atoms with van der Waals surface area (Å²) >= 11 is 0. The number of rotatable bonds is 3. The summed E-state index contributed by atoms with van der Waals surface area (Å²) < 4.78 is 10.4. The van der Waals surface area contributed by atoms with Crippen molar-refractivity contribution in [1.82, 2.24) is 4.98 Å². The lowest BCUT2D eigenvalue weighted by Crippen LogP contribution is -2.04. The van der Waals surface area contributed by atoms with Gasteiger partial charge in [0.05, 0.1) is 19.1 Å². The second-order valence-electron chi connectivity index (χ2n) is 4.66. The zero-order valence-electron chi connectivity index (χ0n) is 11.5. The Balaban J connectivity index is 2.01. The van der Waals surface area contributed by atoms with Crippen LogP contribution in [0.4, 0.5) is 5.69 Å². The summed E-state index contributed by atoms with van der Waals surface area (Å²) in [6, 6.07) is 12.8. The third-order valence-electron chi connectivity index (χ3n) is 3.22. The molecule has 0 spiro atoms. The number of nitrogens with zero attached hydrogens (tertiary/aromatic N) is 1. The SMILES string of the molecule is COC(=O)Cc1ccc2oc(-c3ccccc3N)nc2c1. The normalized spacial score (nSPS) is 10.7. The summed E-state index contributed by atoms with van der Waals surface area (Å²) in [6.07, 6.45) is 0.210. The number of ether oxygens (including phenoxy) is 1. The molecular weight excluding hydrogens is 268 g/mol. The number of oxazole rings is 1. The van der Waals surface area contributed by atoms with E-state index in [-0.39, 0.29) is 12.4 Å². The Labute approximate surface area is 121 Å². The number of methoxy groups -OCH3 is 1. The van der Waals surface area contributed by atoms with Crippen molar-refractivity contribution >= 4 is 22.8 Å². The molecule has 0 atom stereocenters. The van der Waals surface area contributed by atoms with Crippen LogP contribution in [0.3, 0.4) is 0 Å². The Kier molecular flexibility index (Phi) is 3.31. The van der Waals surface area contributed by atoms with Crippen molar-refractivity contribution < 1.29 is 13.9 Å². The number of anilines is 1. The quantitative estimate of drug-likeness (QED) is 0.590. The first kappa shape index (κ1) is 13.2. The number of nitrogens with two attached hydrogens (primary N) is 1. The molecule has 0 amide bonds. The molecule has 0 bridgehead atoms. The van der Waals surface area contributed by atoms with Gasteiger partial charge >= 0.3 is 5.97 Å². The fraction of sp³-hybridized carbons (Fsp3) is 0.125. The molecule has 1 heterocycles. The summed E-state index contributed by atoms with van der Waals surface area (Å²) in [7, 11) is 1.37. The zero-order valence-corrected chi connectivity index (χ0v) is 11.5. The Morgan fingerprint density at radius 1 is 1.29 bits per heavy atom. The van der Waals surface area contributed by atoms with Gasteiger partial charge in [0.15, 0.2) is 5.58 Å². The summed E-state index contributed by atoms with van der Waals surface area (Å²) in [5.74, 6) is 0.184. The van der Waals surface area contributed by atoms with E-state index in [4.69, 9.17) is 10.2 Å². The summed E-state index contributed by atoms with van der Waals surface area (Å²) in [5, 5.41) is 0. The average Bonchev–Trinajstić information content (AvgIpc) is 2.90. The maximum atomic E-state index is 11.3. The molecule has 0 unspecified atom stereocenters. The minimum atomic E-state index is -0.287. The maximum absolute atomic E-state index is 11.3. The predicted molar refractivity (Wildman–Crippen MR) is 79.6 cm³/mol. The first-order valence-electron chi connectivity index (χ1n) is 6.48. The molecule has 2 N–H and O–H groups in total. The minimum absolute atomic E-state index is 0.210. The van der Waals surface area contributed by atoms with Crippen LogP contribution >= 0.6 is 0 Å². The molecule has 3 rings (SSSR count). The molecule has 1 aromatic heterocycles. The van der Waals surface area contributed by atoms with Gasteiger partial charge < -0.3 is 14.9 Å². The second kappa shape index (κ2) is 5.28. The number of hydrogen-bond donors (Lipinski definition) is 1. The van der Waals surface area contributed by atoms with Gasteiger partial charge in [-0.05, 0) is 29.8 Å². The molecular formula is C16H14N2O3. The third kappa shape index (κ3) is 2.58. The summed E-state index contributed by atoms with van der Waals surface area (Å²) in [6.45, 7) is 0. The summed E-state index contributed by atoms with van der Waals surface area (Å²) in [5.41, 5.74) is 9.46. The van der Waals surface area contributed by atoms with Crippen LogP contribution in [0.1, 0.15) is 5.56 Å². The van der Waals surface area contributed by atoms with Gasteiger partial charge in [-0.15, -0.1) is 0 Å². The fourth-order valence-electron chi connectivity index (χ4n) is 2.13. The Bertz CT molecular complexity index is 808. The Morgan fingerprint density at radius 3 is 2.86 bits per heavy atom. The number of nitrogen functional groups attached to an aromatic ring is 1. The van der Waals surface area contributed by atoms with Crippen molar-refractivity contribution in [2.75, 3.05) is 12.8 Å². The van der Waals surface area contributed by atoms with Gasteiger partial charge in [-0.2, -0.15) is 0 Å². The number of fused-ring (bicyclic) bond motifs is 1. The molecule has 3 aromatic rings. The van der Waals surface area contributed by atoms with Crippen molar-refractivity contribution in [2.45, 2.75) is 6.42 Å². The van der Waals surface area contributed by atoms with Gasteiger partial charge in [0.1, 0.15) is 5.52 Å². The van der Waals surface area contributed by atoms with E-state index in [0.717, 1.165) is 11.1 Å². The molecule has 0 radical (unpaired) electrons. The molecule has 0 fully saturated rings. The van der Waals surface area contributed by atoms with Crippen LogP contribution in [0.15, 0.2) is 46.9 Å². The van der Waals surface area contributed by atoms with E-state index in [2.05, 4.69) is 9.72 Å². The number of esters is 1. The Hall–Kier alpha value is -2.82. The van der Waals surface area contributed by atoms with Crippen molar-refractivity contribution in [1.29, 1.82) is 0 Å². The van der Waals surface area contributed by atoms with Crippen molar-refractivity contribution in [3.8, 4) is 11.5 Å². The first-order valence-corrected chi connectivity index (χ1v) is 6.48. The highest BCUT2D eigenvalue weighted by molar-refractivity contribution is 5.81. The third-order valence-corrected chi connectivity index (χ3v) is 3.22. The van der Waals surface area contributed by atoms with E-state index in [1.807, 2.05) is 30.3 Å². The van der Waals surface area contributed by atoms with Crippen LogP contribution in [0.2, 0.25) is 0 Å². The molecule has 5 nitrogen and oxygen atoms in total. The molecule has 106 valence electrons. The molecule has 2 aromatic carbocycles.